The lowest BCUT2D eigenvalue weighted by Gasteiger charge is -2.22. The largest absolute Gasteiger partial charge is 0.0622 e. The summed E-state index contributed by atoms with van der Waals surface area (Å²) in [6, 6.07) is 92.4. The third-order valence-corrected chi connectivity index (χ3v) is 11.6. The van der Waals surface area contributed by atoms with Crippen molar-refractivity contribution in [1.82, 2.24) is 0 Å². The second-order valence-corrected chi connectivity index (χ2v) is 15.1. The van der Waals surface area contributed by atoms with Gasteiger partial charge in [0.15, 0.2) is 0 Å². The van der Waals surface area contributed by atoms with Crippen molar-refractivity contribution in [1.29, 1.82) is 0 Å². The highest BCUT2D eigenvalue weighted by molar-refractivity contribution is 6.05. The first-order chi connectivity index (χ1) is 29.8. The lowest BCUT2D eigenvalue weighted by Crippen LogP contribution is -1.96. The SMILES string of the molecule is c1ccc(-c2cccc(-c3ccccc3)c2-c2ccccc2-c2ccccc2-c2ccccc2-c2ccccc2-c2c(-c3ccccc3)cccc2-c2ccccc2)cc1. The van der Waals surface area contributed by atoms with Gasteiger partial charge < -0.3 is 0 Å². The van der Waals surface area contributed by atoms with Gasteiger partial charge in [0.1, 0.15) is 0 Å². The fraction of sp³-hybridized carbons (Fsp3) is 0. The third-order valence-electron chi connectivity index (χ3n) is 11.6. The molecular formula is C60H42. The summed E-state index contributed by atoms with van der Waals surface area (Å²) in [7, 11) is 0. The van der Waals surface area contributed by atoms with Crippen LogP contribution >= 0.6 is 0 Å². The van der Waals surface area contributed by atoms with Gasteiger partial charge >= 0.3 is 0 Å². The van der Waals surface area contributed by atoms with Gasteiger partial charge in [0.05, 0.1) is 0 Å². The second kappa shape index (κ2) is 16.6. The van der Waals surface area contributed by atoms with Gasteiger partial charge in [-0.2, -0.15) is 0 Å². The number of rotatable bonds is 9. The summed E-state index contributed by atoms with van der Waals surface area (Å²) >= 11 is 0. The van der Waals surface area contributed by atoms with Gasteiger partial charge in [-0.3, -0.25) is 0 Å². The van der Waals surface area contributed by atoms with E-state index < -0.39 is 0 Å². The van der Waals surface area contributed by atoms with E-state index in [2.05, 4.69) is 255 Å². The Morgan fingerprint density at radius 1 is 0.117 bits per heavy atom. The molecule has 0 fully saturated rings. The summed E-state index contributed by atoms with van der Waals surface area (Å²) in [5.74, 6) is 0. The molecule has 60 heavy (non-hydrogen) atoms. The molecule has 0 heteroatoms. The Labute approximate surface area is 353 Å². The van der Waals surface area contributed by atoms with Crippen LogP contribution in [0.25, 0.3) is 100 Å². The van der Waals surface area contributed by atoms with E-state index in [9.17, 15) is 0 Å². The molecule has 10 aromatic rings. The highest BCUT2D eigenvalue weighted by Gasteiger charge is 2.22. The minimum Gasteiger partial charge on any atom is -0.0622 e. The fourth-order valence-corrected chi connectivity index (χ4v) is 8.90. The topological polar surface area (TPSA) is 0 Å². The summed E-state index contributed by atoms with van der Waals surface area (Å²) in [6.07, 6.45) is 0. The van der Waals surface area contributed by atoms with E-state index in [4.69, 9.17) is 0 Å². The van der Waals surface area contributed by atoms with Crippen molar-refractivity contribution in [3.05, 3.63) is 255 Å². The first-order valence-electron chi connectivity index (χ1n) is 20.7. The lowest BCUT2D eigenvalue weighted by atomic mass is 9.81. The highest BCUT2D eigenvalue weighted by atomic mass is 14.3. The smallest absolute Gasteiger partial charge is 0.00206 e. The minimum atomic E-state index is 1.19. The van der Waals surface area contributed by atoms with Crippen LogP contribution in [0, 0.1) is 0 Å². The van der Waals surface area contributed by atoms with Crippen LogP contribution in [-0.4, -0.2) is 0 Å². The molecule has 0 N–H and O–H groups in total. The summed E-state index contributed by atoms with van der Waals surface area (Å²) in [4.78, 5) is 0. The molecular weight excluding hydrogens is 721 g/mol. The van der Waals surface area contributed by atoms with Gasteiger partial charge in [0.25, 0.3) is 0 Å². The van der Waals surface area contributed by atoms with E-state index in [-0.39, 0.29) is 0 Å². The molecule has 0 aliphatic heterocycles. The molecule has 0 unspecified atom stereocenters. The van der Waals surface area contributed by atoms with Crippen LogP contribution in [-0.2, 0) is 0 Å². The summed E-state index contributed by atoms with van der Waals surface area (Å²) in [5.41, 5.74) is 21.6. The van der Waals surface area contributed by atoms with E-state index in [1.54, 1.807) is 0 Å². The van der Waals surface area contributed by atoms with Crippen molar-refractivity contribution in [2.45, 2.75) is 0 Å². The number of hydrogen-bond donors (Lipinski definition) is 0. The molecule has 0 aliphatic carbocycles. The summed E-state index contributed by atoms with van der Waals surface area (Å²) < 4.78 is 0. The molecule has 0 saturated heterocycles. The quantitative estimate of drug-likeness (QED) is 0.137. The van der Waals surface area contributed by atoms with Crippen molar-refractivity contribution < 1.29 is 0 Å². The molecule has 0 heterocycles. The molecule has 0 aromatic heterocycles. The van der Waals surface area contributed by atoms with E-state index in [0.717, 1.165) is 0 Å². The van der Waals surface area contributed by atoms with E-state index in [1.165, 1.54) is 100 Å². The lowest BCUT2D eigenvalue weighted by molar-refractivity contribution is 1.53. The molecule has 0 atom stereocenters. The average molecular weight is 763 g/mol. The third kappa shape index (κ3) is 6.95. The zero-order valence-electron chi connectivity index (χ0n) is 33.2. The molecule has 282 valence electrons. The first-order valence-corrected chi connectivity index (χ1v) is 20.7. The van der Waals surface area contributed by atoms with E-state index in [1.807, 2.05) is 0 Å². The normalized spacial score (nSPS) is 11.0. The van der Waals surface area contributed by atoms with Crippen LogP contribution in [0.1, 0.15) is 0 Å². The molecule has 10 aromatic carbocycles. The standard InChI is InChI=1S/C60H42/c1-5-23-43(24-6-1)47-39-21-40-48(44-25-7-2-8-26-44)59(47)57-37-19-17-35-55(57)53-33-15-13-31-51(53)52-32-14-16-34-54(52)56-36-18-20-38-58(56)60-49(45-27-9-3-10-28-45)41-22-42-50(60)46-29-11-4-12-30-46/h1-42H. The van der Waals surface area contributed by atoms with Gasteiger partial charge in [0, 0.05) is 0 Å². The Morgan fingerprint density at radius 3 is 0.517 bits per heavy atom. The van der Waals surface area contributed by atoms with E-state index >= 15 is 0 Å². The zero-order chi connectivity index (χ0) is 40.1. The Balaban J connectivity index is 1.19. The van der Waals surface area contributed by atoms with Gasteiger partial charge in [-0.15, -0.1) is 0 Å². The van der Waals surface area contributed by atoms with Gasteiger partial charge in [-0.1, -0.05) is 255 Å². The van der Waals surface area contributed by atoms with Crippen LogP contribution in [0.4, 0.5) is 0 Å². The predicted octanol–water partition coefficient (Wildman–Crippen LogP) is 16.7. The molecule has 0 amide bonds. The van der Waals surface area contributed by atoms with Gasteiger partial charge in [-0.25, -0.2) is 0 Å². The minimum absolute atomic E-state index is 1.19. The Bertz CT molecular complexity index is 2730. The van der Waals surface area contributed by atoms with Crippen molar-refractivity contribution >= 4 is 0 Å². The van der Waals surface area contributed by atoms with E-state index in [0.29, 0.717) is 0 Å². The Morgan fingerprint density at radius 2 is 0.283 bits per heavy atom. The molecule has 0 radical (unpaired) electrons. The maximum atomic E-state index is 2.30. The number of benzene rings is 10. The van der Waals surface area contributed by atoms with Crippen LogP contribution < -0.4 is 0 Å². The fourth-order valence-electron chi connectivity index (χ4n) is 8.90. The second-order valence-electron chi connectivity index (χ2n) is 15.1. The maximum absolute atomic E-state index is 2.30. The van der Waals surface area contributed by atoms with Crippen molar-refractivity contribution in [2.75, 3.05) is 0 Å². The van der Waals surface area contributed by atoms with Crippen LogP contribution in [0.3, 0.4) is 0 Å². The first kappa shape index (κ1) is 36.5. The Kier molecular flexibility index (Phi) is 10.1. The predicted molar refractivity (Wildman–Crippen MR) is 255 cm³/mol. The van der Waals surface area contributed by atoms with Crippen molar-refractivity contribution in [2.24, 2.45) is 0 Å². The Hall–Kier alpha value is -7.80. The number of hydrogen-bond acceptors (Lipinski definition) is 0. The molecule has 0 saturated carbocycles. The van der Waals surface area contributed by atoms with Gasteiger partial charge in [0.2, 0.25) is 0 Å². The van der Waals surface area contributed by atoms with Crippen molar-refractivity contribution in [3.8, 4) is 100 Å². The molecule has 10 rings (SSSR count). The van der Waals surface area contributed by atoms with Gasteiger partial charge in [-0.05, 0) is 100 Å². The summed E-state index contributed by atoms with van der Waals surface area (Å²) in [6.45, 7) is 0. The molecule has 0 spiro atoms. The highest BCUT2D eigenvalue weighted by Crippen LogP contribution is 2.49. The average Bonchev–Trinajstić information content (AvgIpc) is 3.34. The zero-order valence-corrected chi connectivity index (χ0v) is 33.2. The van der Waals surface area contributed by atoms with Crippen molar-refractivity contribution in [3.63, 3.8) is 0 Å². The van der Waals surface area contributed by atoms with Crippen LogP contribution in [0.5, 0.6) is 0 Å². The van der Waals surface area contributed by atoms with Crippen LogP contribution in [0.2, 0.25) is 0 Å². The summed E-state index contributed by atoms with van der Waals surface area (Å²) in [5, 5.41) is 0. The molecule has 0 aliphatic rings. The van der Waals surface area contributed by atoms with Crippen LogP contribution in [0.15, 0.2) is 255 Å². The monoisotopic (exact) mass is 762 g/mol. The molecule has 0 nitrogen and oxygen atoms in total. The maximum Gasteiger partial charge on any atom is -0.00206 e. The molecule has 0 bridgehead atoms.